The lowest BCUT2D eigenvalue weighted by Gasteiger charge is -2.25. The number of likely N-dealkylation sites (tertiary alicyclic amines) is 1. The van der Waals surface area contributed by atoms with Gasteiger partial charge >= 0.3 is 12.0 Å². The van der Waals surface area contributed by atoms with Crippen molar-refractivity contribution in [2.45, 2.75) is 45.6 Å². The summed E-state index contributed by atoms with van der Waals surface area (Å²) in [6, 6.07) is -0.881. The molecule has 1 aliphatic heterocycles. The van der Waals surface area contributed by atoms with Crippen molar-refractivity contribution in [1.82, 2.24) is 10.2 Å². The molecule has 0 bridgehead atoms. The van der Waals surface area contributed by atoms with Gasteiger partial charge in [-0.2, -0.15) is 0 Å². The Kier molecular flexibility index (Phi) is 3.50. The second kappa shape index (κ2) is 4.78. The highest BCUT2D eigenvalue weighted by molar-refractivity contribution is 5.83. The topological polar surface area (TPSA) is 69.6 Å². The van der Waals surface area contributed by atoms with E-state index in [2.05, 4.69) is 12.2 Å². The van der Waals surface area contributed by atoms with Crippen molar-refractivity contribution in [3.05, 3.63) is 0 Å². The number of nitrogens with zero attached hydrogens (tertiary/aromatic N) is 1. The molecule has 0 aromatic rings. The van der Waals surface area contributed by atoms with Crippen LogP contribution in [0.15, 0.2) is 0 Å². The van der Waals surface area contributed by atoms with Gasteiger partial charge in [0.1, 0.15) is 6.04 Å². The van der Waals surface area contributed by atoms with Gasteiger partial charge in [-0.05, 0) is 37.0 Å². The normalized spacial score (nSPS) is 29.1. The molecule has 0 aromatic carbocycles. The van der Waals surface area contributed by atoms with Crippen molar-refractivity contribution in [2.24, 2.45) is 11.3 Å². The highest BCUT2D eigenvalue weighted by Gasteiger charge is 2.43. The highest BCUT2D eigenvalue weighted by Crippen LogP contribution is 2.47. The van der Waals surface area contributed by atoms with E-state index in [-0.39, 0.29) is 11.9 Å². The van der Waals surface area contributed by atoms with Gasteiger partial charge in [0.05, 0.1) is 0 Å². The fourth-order valence-electron chi connectivity index (χ4n) is 2.75. The Labute approximate surface area is 108 Å². The summed E-state index contributed by atoms with van der Waals surface area (Å²) in [4.78, 5) is 24.7. The van der Waals surface area contributed by atoms with Crippen LogP contribution in [0.2, 0.25) is 0 Å². The molecular weight excluding hydrogens is 232 g/mol. The van der Waals surface area contributed by atoms with Crippen LogP contribution in [0.4, 0.5) is 4.79 Å². The van der Waals surface area contributed by atoms with Gasteiger partial charge in [0.15, 0.2) is 0 Å². The zero-order valence-electron chi connectivity index (χ0n) is 11.1. The first kappa shape index (κ1) is 13.2. The number of aliphatic carboxylic acids is 1. The molecule has 2 rings (SSSR count). The maximum Gasteiger partial charge on any atom is 0.326 e. The van der Waals surface area contributed by atoms with Crippen LogP contribution in [0.25, 0.3) is 0 Å². The van der Waals surface area contributed by atoms with Crippen LogP contribution in [0.3, 0.4) is 0 Å². The summed E-state index contributed by atoms with van der Waals surface area (Å²) in [5.41, 5.74) is 0.291. The first-order valence-corrected chi connectivity index (χ1v) is 6.76. The number of amides is 2. The summed E-state index contributed by atoms with van der Waals surface area (Å²) in [7, 11) is 0. The summed E-state index contributed by atoms with van der Waals surface area (Å²) < 4.78 is 0. The zero-order valence-corrected chi connectivity index (χ0v) is 11.1. The summed E-state index contributed by atoms with van der Waals surface area (Å²) in [6.45, 7) is 5.25. The molecule has 1 saturated heterocycles. The lowest BCUT2D eigenvalue weighted by atomic mass is 10.0. The fourth-order valence-corrected chi connectivity index (χ4v) is 2.75. The number of carboxylic acid groups (broad SMARTS) is 1. The molecule has 5 nitrogen and oxygen atoms in total. The van der Waals surface area contributed by atoms with E-state index in [1.807, 2.05) is 6.92 Å². The first-order valence-electron chi connectivity index (χ1n) is 6.76. The van der Waals surface area contributed by atoms with Crippen LogP contribution in [0.5, 0.6) is 0 Å². The van der Waals surface area contributed by atoms with E-state index in [0.29, 0.717) is 18.5 Å². The SMILES string of the molecule is CCC1(CNC(=O)N2CCC(C)C2C(=O)O)CC1. The van der Waals surface area contributed by atoms with Crippen LogP contribution >= 0.6 is 0 Å². The molecule has 2 aliphatic rings. The van der Waals surface area contributed by atoms with Gasteiger partial charge in [0.25, 0.3) is 0 Å². The van der Waals surface area contributed by atoms with Crippen LogP contribution in [-0.2, 0) is 4.79 Å². The van der Waals surface area contributed by atoms with Crippen molar-refractivity contribution < 1.29 is 14.7 Å². The maximum atomic E-state index is 12.0. The fraction of sp³-hybridized carbons (Fsp3) is 0.846. The first-order chi connectivity index (χ1) is 8.49. The molecule has 102 valence electrons. The molecule has 2 atom stereocenters. The van der Waals surface area contributed by atoms with Gasteiger partial charge in [-0.25, -0.2) is 9.59 Å². The number of hydrogen-bond donors (Lipinski definition) is 2. The van der Waals surface area contributed by atoms with Gasteiger partial charge in [-0.3, -0.25) is 0 Å². The van der Waals surface area contributed by atoms with Gasteiger partial charge in [-0.15, -0.1) is 0 Å². The van der Waals surface area contributed by atoms with Crippen LogP contribution < -0.4 is 5.32 Å². The minimum absolute atomic E-state index is 0.0364. The second-order valence-corrected chi connectivity index (χ2v) is 5.75. The number of carboxylic acids is 1. The highest BCUT2D eigenvalue weighted by atomic mass is 16.4. The number of urea groups is 1. The van der Waals surface area contributed by atoms with Gasteiger partial charge in [0, 0.05) is 13.1 Å². The summed E-state index contributed by atoms with van der Waals surface area (Å²) >= 11 is 0. The molecule has 5 heteroatoms. The molecule has 18 heavy (non-hydrogen) atoms. The minimum Gasteiger partial charge on any atom is -0.480 e. The summed E-state index contributed by atoms with van der Waals surface area (Å²) in [5.74, 6) is -0.860. The quantitative estimate of drug-likeness (QED) is 0.802. The predicted molar refractivity (Wildman–Crippen MR) is 67.3 cm³/mol. The molecule has 2 fully saturated rings. The van der Waals surface area contributed by atoms with Crippen LogP contribution in [0, 0.1) is 11.3 Å². The monoisotopic (exact) mass is 254 g/mol. The molecule has 0 aromatic heterocycles. The summed E-state index contributed by atoms with van der Waals surface area (Å²) in [5, 5.41) is 12.1. The Morgan fingerprint density at radius 2 is 2.11 bits per heavy atom. The average Bonchev–Trinajstić information content (AvgIpc) is 3.01. The number of rotatable bonds is 4. The smallest absolute Gasteiger partial charge is 0.326 e. The van der Waals surface area contributed by atoms with Gasteiger partial charge < -0.3 is 15.3 Å². The predicted octanol–water partition coefficient (Wildman–Crippen LogP) is 1.68. The number of carbonyl (C=O) groups is 2. The van der Waals surface area contributed by atoms with Gasteiger partial charge in [0.2, 0.25) is 0 Å². The van der Waals surface area contributed by atoms with Gasteiger partial charge in [-0.1, -0.05) is 13.8 Å². The van der Waals surface area contributed by atoms with Crippen molar-refractivity contribution >= 4 is 12.0 Å². The molecule has 1 heterocycles. The third-order valence-corrected chi connectivity index (χ3v) is 4.54. The zero-order chi connectivity index (χ0) is 13.3. The van der Waals surface area contributed by atoms with Crippen molar-refractivity contribution in [2.75, 3.05) is 13.1 Å². The Morgan fingerprint density at radius 3 is 2.61 bits per heavy atom. The van der Waals surface area contributed by atoms with E-state index in [1.54, 1.807) is 0 Å². The van der Waals surface area contributed by atoms with Crippen LogP contribution in [0.1, 0.15) is 39.5 Å². The van der Waals surface area contributed by atoms with Crippen molar-refractivity contribution in [3.63, 3.8) is 0 Å². The van der Waals surface area contributed by atoms with E-state index in [0.717, 1.165) is 12.8 Å². The van der Waals surface area contributed by atoms with E-state index >= 15 is 0 Å². The van der Waals surface area contributed by atoms with E-state index in [9.17, 15) is 9.59 Å². The van der Waals surface area contributed by atoms with E-state index < -0.39 is 12.0 Å². The lowest BCUT2D eigenvalue weighted by Crippen LogP contribution is -2.48. The second-order valence-electron chi connectivity index (χ2n) is 5.75. The van der Waals surface area contributed by atoms with Crippen molar-refractivity contribution in [1.29, 1.82) is 0 Å². The maximum absolute atomic E-state index is 12.0. The standard InChI is InChI=1S/C13H22N2O3/c1-3-13(5-6-13)8-14-12(18)15-7-4-9(2)10(15)11(16)17/h9-10H,3-8H2,1-2H3,(H,14,18)(H,16,17). The molecule has 2 amide bonds. The molecule has 2 unspecified atom stereocenters. The van der Waals surface area contributed by atoms with E-state index in [4.69, 9.17) is 5.11 Å². The number of carbonyl (C=O) groups excluding carboxylic acids is 1. The molecule has 1 aliphatic carbocycles. The third kappa shape index (κ3) is 2.44. The Bertz CT molecular complexity index is 352. The number of hydrogen-bond acceptors (Lipinski definition) is 2. The largest absolute Gasteiger partial charge is 0.480 e. The van der Waals surface area contributed by atoms with E-state index in [1.165, 1.54) is 17.7 Å². The molecular formula is C13H22N2O3. The third-order valence-electron chi connectivity index (χ3n) is 4.54. The Balaban J connectivity index is 1.90. The molecule has 0 radical (unpaired) electrons. The molecule has 2 N–H and O–H groups in total. The van der Waals surface area contributed by atoms with Crippen LogP contribution in [-0.4, -0.2) is 41.1 Å². The molecule has 1 saturated carbocycles. The molecule has 0 spiro atoms. The Morgan fingerprint density at radius 1 is 1.44 bits per heavy atom. The Hall–Kier alpha value is -1.26. The lowest BCUT2D eigenvalue weighted by molar-refractivity contribution is -0.142. The average molecular weight is 254 g/mol. The summed E-state index contributed by atoms with van der Waals surface area (Å²) in [6.07, 6.45) is 4.18. The van der Waals surface area contributed by atoms with Crippen molar-refractivity contribution in [3.8, 4) is 0 Å². The number of nitrogens with one attached hydrogen (secondary N) is 1. The minimum atomic E-state index is -0.897.